The van der Waals surface area contributed by atoms with Gasteiger partial charge in [0.25, 0.3) is 5.56 Å². The molecular weight excluding hydrogens is 410 g/mol. The second-order valence-electron chi connectivity index (χ2n) is 7.00. The van der Waals surface area contributed by atoms with Crippen LogP contribution in [-0.2, 0) is 6.54 Å². The summed E-state index contributed by atoms with van der Waals surface area (Å²) in [6.45, 7) is 0.411. The van der Waals surface area contributed by atoms with Gasteiger partial charge >= 0.3 is 0 Å². The van der Waals surface area contributed by atoms with Crippen molar-refractivity contribution >= 4 is 17.3 Å². The second-order valence-corrected chi connectivity index (χ2v) is 7.77. The predicted octanol–water partition coefficient (Wildman–Crippen LogP) is 4.44. The zero-order valence-electron chi connectivity index (χ0n) is 17.7. The lowest BCUT2D eigenvalue weighted by Gasteiger charge is -2.12. The number of hydrogen-bond acceptors (Lipinski definition) is 6. The Morgan fingerprint density at radius 1 is 1.03 bits per heavy atom. The molecular formula is C24H23N3O3S. The highest BCUT2D eigenvalue weighted by Gasteiger charge is 2.12. The van der Waals surface area contributed by atoms with E-state index in [0.29, 0.717) is 23.2 Å². The van der Waals surface area contributed by atoms with E-state index in [1.54, 1.807) is 24.9 Å². The summed E-state index contributed by atoms with van der Waals surface area (Å²) < 4.78 is 12.4. The molecule has 0 fully saturated rings. The Hall–Kier alpha value is -3.32. The molecule has 0 aliphatic heterocycles. The molecule has 4 rings (SSSR count). The van der Waals surface area contributed by atoms with Gasteiger partial charge in [-0.15, -0.1) is 0 Å². The highest BCUT2D eigenvalue weighted by molar-refractivity contribution is 7.98. The summed E-state index contributed by atoms with van der Waals surface area (Å²) >= 11 is 1.50. The van der Waals surface area contributed by atoms with Crippen molar-refractivity contribution in [3.8, 4) is 22.8 Å². The van der Waals surface area contributed by atoms with Crippen molar-refractivity contribution in [3.63, 3.8) is 0 Å². The fourth-order valence-electron chi connectivity index (χ4n) is 3.44. The Morgan fingerprint density at radius 2 is 1.84 bits per heavy atom. The lowest BCUT2D eigenvalue weighted by Crippen LogP contribution is -2.19. The first kappa shape index (κ1) is 20.9. The van der Waals surface area contributed by atoms with Gasteiger partial charge in [-0.3, -0.25) is 4.79 Å². The molecule has 2 heterocycles. The van der Waals surface area contributed by atoms with Crippen molar-refractivity contribution < 1.29 is 9.47 Å². The van der Waals surface area contributed by atoms with Crippen LogP contribution in [0.5, 0.6) is 11.5 Å². The summed E-state index contributed by atoms with van der Waals surface area (Å²) in [5.74, 6) is 1.29. The van der Waals surface area contributed by atoms with Crippen LogP contribution < -0.4 is 15.0 Å². The van der Waals surface area contributed by atoms with Crippen LogP contribution in [0.4, 0.5) is 0 Å². The fourth-order valence-corrected chi connectivity index (χ4v) is 3.82. The van der Waals surface area contributed by atoms with Crippen LogP contribution >= 0.6 is 11.8 Å². The van der Waals surface area contributed by atoms with Gasteiger partial charge in [0.1, 0.15) is 0 Å². The molecule has 0 bridgehead atoms. The molecule has 1 aromatic carbocycles. The maximum atomic E-state index is 12.5. The molecule has 0 unspecified atom stereocenters. The quantitative estimate of drug-likeness (QED) is 0.406. The summed E-state index contributed by atoms with van der Waals surface area (Å²) in [5.41, 5.74) is 4.49. The van der Waals surface area contributed by atoms with Crippen molar-refractivity contribution in [1.29, 1.82) is 0 Å². The molecule has 2 aromatic heterocycles. The Labute approximate surface area is 185 Å². The lowest BCUT2D eigenvalue weighted by atomic mass is 10.1. The normalized spacial score (nSPS) is 12.7. The number of allylic oxidation sites excluding steroid dienone is 4. The van der Waals surface area contributed by atoms with Crippen LogP contribution in [-0.4, -0.2) is 35.0 Å². The van der Waals surface area contributed by atoms with Crippen LogP contribution in [0.1, 0.15) is 17.7 Å². The summed E-state index contributed by atoms with van der Waals surface area (Å²) in [5, 5.41) is 0.700. The fraction of sp³-hybridized carbons (Fsp3) is 0.208. The van der Waals surface area contributed by atoms with Gasteiger partial charge in [0, 0.05) is 17.8 Å². The van der Waals surface area contributed by atoms with E-state index in [1.165, 1.54) is 11.8 Å². The Morgan fingerprint density at radius 3 is 2.55 bits per heavy atom. The van der Waals surface area contributed by atoms with Gasteiger partial charge in [0.2, 0.25) is 0 Å². The van der Waals surface area contributed by atoms with Gasteiger partial charge in [-0.2, -0.15) is 0 Å². The van der Waals surface area contributed by atoms with Gasteiger partial charge < -0.3 is 14.0 Å². The highest BCUT2D eigenvalue weighted by Crippen LogP contribution is 2.29. The second kappa shape index (κ2) is 9.22. The number of hydrogen-bond donors (Lipinski definition) is 0. The van der Waals surface area contributed by atoms with E-state index in [1.807, 2.05) is 42.8 Å². The third-order valence-electron chi connectivity index (χ3n) is 5.04. The molecule has 0 spiro atoms. The largest absolute Gasteiger partial charge is 0.493 e. The summed E-state index contributed by atoms with van der Waals surface area (Å²) in [6.07, 6.45) is 11.1. The monoisotopic (exact) mass is 433 g/mol. The van der Waals surface area contributed by atoms with Crippen molar-refractivity contribution in [3.05, 3.63) is 82.4 Å². The van der Waals surface area contributed by atoms with Crippen LogP contribution in [0.3, 0.4) is 0 Å². The average Bonchev–Trinajstić information content (AvgIpc) is 3.35. The lowest BCUT2D eigenvalue weighted by molar-refractivity contribution is 0.354. The molecule has 31 heavy (non-hydrogen) atoms. The van der Waals surface area contributed by atoms with Gasteiger partial charge in [-0.25, -0.2) is 9.97 Å². The number of thioether (sulfide) groups is 1. The molecule has 0 amide bonds. The predicted molar refractivity (Wildman–Crippen MR) is 124 cm³/mol. The topological polar surface area (TPSA) is 66.2 Å². The first-order chi connectivity index (χ1) is 15.1. The maximum absolute atomic E-state index is 12.5. The Balaban J connectivity index is 1.71. The van der Waals surface area contributed by atoms with Gasteiger partial charge in [0.15, 0.2) is 16.7 Å². The number of rotatable bonds is 7. The molecule has 0 saturated heterocycles. The van der Waals surface area contributed by atoms with Crippen molar-refractivity contribution in [2.75, 3.05) is 20.5 Å². The highest BCUT2D eigenvalue weighted by atomic mass is 32.2. The zero-order chi connectivity index (χ0) is 21.8. The molecule has 0 N–H and O–H groups in total. The van der Waals surface area contributed by atoms with Crippen molar-refractivity contribution in [1.82, 2.24) is 14.5 Å². The molecule has 0 saturated carbocycles. The minimum atomic E-state index is -0.0839. The number of aromatic nitrogens is 3. The van der Waals surface area contributed by atoms with Crippen molar-refractivity contribution in [2.45, 2.75) is 18.1 Å². The smallest absolute Gasteiger partial charge is 0.250 e. The minimum absolute atomic E-state index is 0.0839. The van der Waals surface area contributed by atoms with Gasteiger partial charge in [0.05, 0.1) is 32.2 Å². The van der Waals surface area contributed by atoms with Crippen molar-refractivity contribution in [2.24, 2.45) is 0 Å². The molecule has 7 heteroatoms. The maximum Gasteiger partial charge on any atom is 0.250 e. The number of nitrogens with zero attached hydrogens (tertiary/aromatic N) is 3. The first-order valence-corrected chi connectivity index (χ1v) is 11.1. The summed E-state index contributed by atoms with van der Waals surface area (Å²) in [7, 11) is 3.20. The standard InChI is InChI=1S/C24H23N3O3S/c1-29-21-10-8-16(12-22(21)30-2)14-27-15-18(9-11-23(27)28)20-13-19(17-6-4-5-7-17)25-24(26-20)31-3/h4,6-13,15H,5,14H2,1-3H3. The third kappa shape index (κ3) is 4.56. The Bertz CT molecular complexity index is 1230. The molecule has 3 aromatic rings. The van der Waals surface area contributed by atoms with E-state index in [4.69, 9.17) is 9.47 Å². The number of pyridine rings is 1. The van der Waals surface area contributed by atoms with E-state index in [-0.39, 0.29) is 5.56 Å². The first-order valence-electron chi connectivity index (χ1n) is 9.83. The summed E-state index contributed by atoms with van der Waals surface area (Å²) in [6, 6.07) is 11.0. The summed E-state index contributed by atoms with van der Waals surface area (Å²) in [4.78, 5) is 21.8. The average molecular weight is 434 g/mol. The molecule has 1 aliphatic carbocycles. The van der Waals surface area contributed by atoms with E-state index < -0.39 is 0 Å². The third-order valence-corrected chi connectivity index (χ3v) is 5.58. The van der Waals surface area contributed by atoms with Gasteiger partial charge in [-0.05, 0) is 48.1 Å². The van der Waals surface area contributed by atoms with Crippen LogP contribution in [0, 0.1) is 0 Å². The van der Waals surface area contributed by atoms with E-state index >= 15 is 0 Å². The molecule has 158 valence electrons. The Kier molecular flexibility index (Phi) is 6.23. The van der Waals surface area contributed by atoms with E-state index in [0.717, 1.165) is 34.5 Å². The number of benzene rings is 1. The van der Waals surface area contributed by atoms with E-state index in [9.17, 15) is 4.79 Å². The molecule has 6 nitrogen and oxygen atoms in total. The van der Waals surface area contributed by atoms with Crippen LogP contribution in [0.15, 0.2) is 70.8 Å². The SMILES string of the molecule is COc1ccc(Cn2cc(-c3cc(C4=CCC=C4)nc(SC)n3)ccc2=O)cc1OC. The number of ether oxygens (including phenoxy) is 2. The van der Waals surface area contributed by atoms with Crippen LogP contribution in [0.25, 0.3) is 16.8 Å². The van der Waals surface area contributed by atoms with E-state index in [2.05, 4.69) is 28.2 Å². The minimum Gasteiger partial charge on any atom is -0.493 e. The molecule has 1 aliphatic rings. The molecule has 0 atom stereocenters. The molecule has 0 radical (unpaired) electrons. The van der Waals surface area contributed by atoms with Gasteiger partial charge in [-0.1, -0.05) is 36.1 Å². The zero-order valence-corrected chi connectivity index (χ0v) is 18.5. The number of methoxy groups -OCH3 is 2. The van der Waals surface area contributed by atoms with Crippen LogP contribution in [0.2, 0.25) is 0 Å².